The number of ether oxygens (including phenoxy) is 5. The zero-order chi connectivity index (χ0) is 25.1. The molecule has 1 aromatic heterocycles. The van der Waals surface area contributed by atoms with E-state index in [1.807, 2.05) is 6.07 Å². The number of aromatic hydroxyl groups is 1. The van der Waals surface area contributed by atoms with Gasteiger partial charge in [0.2, 0.25) is 16.9 Å². The predicted octanol–water partition coefficient (Wildman–Crippen LogP) is 4.42. The molecule has 35 heavy (non-hydrogen) atoms. The first-order valence-electron chi connectivity index (χ1n) is 10.4. The van der Waals surface area contributed by atoms with Gasteiger partial charge in [-0.15, -0.1) is 0 Å². The van der Waals surface area contributed by atoms with Gasteiger partial charge in [-0.05, 0) is 18.2 Å². The molecule has 0 spiro atoms. The first-order valence-corrected chi connectivity index (χ1v) is 10.4. The molecule has 0 saturated heterocycles. The molecule has 0 atom stereocenters. The monoisotopic (exact) mass is 478 g/mol. The van der Waals surface area contributed by atoms with Gasteiger partial charge in [0, 0.05) is 11.6 Å². The molecule has 0 unspecified atom stereocenters. The van der Waals surface area contributed by atoms with Gasteiger partial charge in [0.15, 0.2) is 28.8 Å². The lowest BCUT2D eigenvalue weighted by Crippen LogP contribution is -2.11. The second-order valence-corrected chi connectivity index (χ2v) is 7.25. The molecule has 0 aliphatic carbocycles. The van der Waals surface area contributed by atoms with Gasteiger partial charge >= 0.3 is 5.97 Å². The molecule has 0 aliphatic heterocycles. The van der Waals surface area contributed by atoms with Crippen molar-refractivity contribution >= 4 is 16.9 Å². The standard InChI is InChI=1S/C26H22O9/c1-30-16-11-10-15(12-17(16)31-2)26(29)35-19-13-18-20(21(27)24(19)32-3)22(28)25(33-4)23(34-18)14-8-6-5-7-9-14/h5-13,27H,1-4H3. The van der Waals surface area contributed by atoms with Gasteiger partial charge in [-0.2, -0.15) is 0 Å². The van der Waals surface area contributed by atoms with Crippen LogP contribution < -0.4 is 29.1 Å². The third-order valence-electron chi connectivity index (χ3n) is 5.30. The van der Waals surface area contributed by atoms with Gasteiger partial charge in [-0.1, -0.05) is 30.3 Å². The van der Waals surface area contributed by atoms with Crippen molar-refractivity contribution in [3.8, 4) is 45.8 Å². The Labute approximate surface area is 200 Å². The van der Waals surface area contributed by atoms with Crippen LogP contribution in [0.1, 0.15) is 10.4 Å². The quantitative estimate of drug-likeness (QED) is 0.305. The average molecular weight is 478 g/mol. The molecule has 3 aromatic carbocycles. The van der Waals surface area contributed by atoms with Gasteiger partial charge in [-0.3, -0.25) is 4.79 Å². The predicted molar refractivity (Wildman–Crippen MR) is 127 cm³/mol. The normalized spacial score (nSPS) is 10.6. The number of rotatable bonds is 7. The summed E-state index contributed by atoms with van der Waals surface area (Å²) in [7, 11) is 5.52. The first kappa shape index (κ1) is 23.5. The molecular weight excluding hydrogens is 456 g/mol. The molecule has 0 amide bonds. The lowest BCUT2D eigenvalue weighted by atomic mass is 10.1. The maximum atomic E-state index is 13.2. The van der Waals surface area contributed by atoms with Gasteiger partial charge in [0.1, 0.15) is 11.0 Å². The summed E-state index contributed by atoms with van der Waals surface area (Å²) in [6.07, 6.45) is 0. The van der Waals surface area contributed by atoms with Crippen LogP contribution in [-0.4, -0.2) is 39.5 Å². The second kappa shape index (κ2) is 9.68. The Kier molecular flexibility index (Phi) is 6.50. The number of carbonyl (C=O) groups excluding carboxylic acids is 1. The Morgan fingerprint density at radius 2 is 1.49 bits per heavy atom. The zero-order valence-corrected chi connectivity index (χ0v) is 19.4. The van der Waals surface area contributed by atoms with Crippen LogP contribution in [0.15, 0.2) is 63.8 Å². The average Bonchev–Trinajstić information content (AvgIpc) is 2.88. The summed E-state index contributed by atoms with van der Waals surface area (Å²) in [5, 5.41) is 10.7. The first-order chi connectivity index (χ1) is 16.9. The molecule has 1 heterocycles. The molecule has 4 rings (SSSR count). The van der Waals surface area contributed by atoms with E-state index in [2.05, 4.69) is 0 Å². The van der Waals surface area contributed by atoms with Crippen molar-refractivity contribution in [1.29, 1.82) is 0 Å². The summed E-state index contributed by atoms with van der Waals surface area (Å²) in [5.74, 6) is -0.829. The number of methoxy groups -OCH3 is 4. The molecule has 180 valence electrons. The smallest absolute Gasteiger partial charge is 0.343 e. The Hall–Kier alpha value is -4.66. The summed E-state index contributed by atoms with van der Waals surface area (Å²) in [5.41, 5.74) is 0.109. The third kappa shape index (κ3) is 4.19. The molecule has 0 saturated carbocycles. The van der Waals surface area contributed by atoms with E-state index >= 15 is 0 Å². The number of benzene rings is 3. The maximum Gasteiger partial charge on any atom is 0.343 e. The lowest BCUT2D eigenvalue weighted by molar-refractivity contribution is 0.0729. The molecule has 9 heteroatoms. The van der Waals surface area contributed by atoms with Crippen molar-refractivity contribution in [2.24, 2.45) is 0 Å². The fourth-order valence-corrected chi connectivity index (χ4v) is 3.64. The lowest BCUT2D eigenvalue weighted by Gasteiger charge is -2.15. The molecule has 4 aromatic rings. The fourth-order valence-electron chi connectivity index (χ4n) is 3.64. The van der Waals surface area contributed by atoms with Crippen LogP contribution in [0.5, 0.6) is 34.5 Å². The molecule has 9 nitrogen and oxygen atoms in total. The minimum atomic E-state index is -0.762. The zero-order valence-electron chi connectivity index (χ0n) is 19.4. The van der Waals surface area contributed by atoms with E-state index in [4.69, 9.17) is 28.1 Å². The summed E-state index contributed by atoms with van der Waals surface area (Å²) in [4.78, 5) is 26.1. The highest BCUT2D eigenvalue weighted by Gasteiger charge is 2.26. The molecule has 0 bridgehead atoms. The van der Waals surface area contributed by atoms with Gasteiger partial charge in [-0.25, -0.2) is 4.79 Å². The number of hydrogen-bond acceptors (Lipinski definition) is 9. The van der Waals surface area contributed by atoms with Crippen molar-refractivity contribution in [3.63, 3.8) is 0 Å². The minimum absolute atomic E-state index is 0.0249. The summed E-state index contributed by atoms with van der Waals surface area (Å²) >= 11 is 0. The van der Waals surface area contributed by atoms with Crippen molar-refractivity contribution in [2.45, 2.75) is 0 Å². The van der Waals surface area contributed by atoms with Crippen molar-refractivity contribution in [3.05, 3.63) is 70.4 Å². The van der Waals surface area contributed by atoms with E-state index in [0.29, 0.717) is 17.1 Å². The maximum absolute atomic E-state index is 13.2. The van der Waals surface area contributed by atoms with Crippen molar-refractivity contribution in [1.82, 2.24) is 0 Å². The Balaban J connectivity index is 1.86. The molecular formula is C26H22O9. The van der Waals surface area contributed by atoms with Crippen molar-refractivity contribution < 1.29 is 38.0 Å². The number of fused-ring (bicyclic) bond motifs is 1. The van der Waals surface area contributed by atoms with E-state index in [1.165, 1.54) is 46.6 Å². The fraction of sp³-hybridized carbons (Fsp3) is 0.154. The second-order valence-electron chi connectivity index (χ2n) is 7.25. The SMILES string of the molecule is COc1ccc(C(=O)Oc2cc3oc(-c4ccccc4)c(OC)c(=O)c3c(O)c2OC)cc1OC. The summed E-state index contributed by atoms with van der Waals surface area (Å²) in [6, 6.07) is 14.7. The highest BCUT2D eigenvalue weighted by Crippen LogP contribution is 2.44. The van der Waals surface area contributed by atoms with E-state index in [-0.39, 0.29) is 39.5 Å². The van der Waals surface area contributed by atoms with Crippen LogP contribution in [0.4, 0.5) is 0 Å². The van der Waals surface area contributed by atoms with Crippen LogP contribution in [0, 0.1) is 0 Å². The molecule has 1 N–H and O–H groups in total. The highest BCUT2D eigenvalue weighted by atomic mass is 16.6. The number of carbonyl (C=O) groups is 1. The van der Waals surface area contributed by atoms with Crippen molar-refractivity contribution in [2.75, 3.05) is 28.4 Å². The number of esters is 1. The van der Waals surface area contributed by atoms with Crippen LogP contribution in [0.25, 0.3) is 22.3 Å². The van der Waals surface area contributed by atoms with Gasteiger partial charge in [0.25, 0.3) is 0 Å². The van der Waals surface area contributed by atoms with Crippen LogP contribution in [-0.2, 0) is 0 Å². The Morgan fingerprint density at radius 3 is 2.11 bits per heavy atom. The minimum Gasteiger partial charge on any atom is -0.504 e. The van der Waals surface area contributed by atoms with Gasteiger partial charge in [0.05, 0.1) is 34.0 Å². The molecule has 0 aliphatic rings. The molecule has 0 radical (unpaired) electrons. The topological polar surface area (TPSA) is 114 Å². The van der Waals surface area contributed by atoms with Crippen LogP contribution >= 0.6 is 0 Å². The number of phenolic OH excluding ortho intramolecular Hbond substituents is 1. The van der Waals surface area contributed by atoms with E-state index in [9.17, 15) is 14.7 Å². The number of hydrogen-bond donors (Lipinski definition) is 1. The summed E-state index contributed by atoms with van der Waals surface area (Å²) in [6.45, 7) is 0. The third-order valence-corrected chi connectivity index (χ3v) is 5.30. The van der Waals surface area contributed by atoms with E-state index < -0.39 is 17.1 Å². The Bertz CT molecular complexity index is 1460. The van der Waals surface area contributed by atoms with E-state index in [0.717, 1.165) is 0 Å². The summed E-state index contributed by atoms with van der Waals surface area (Å²) < 4.78 is 32.4. The highest BCUT2D eigenvalue weighted by molar-refractivity contribution is 5.95. The van der Waals surface area contributed by atoms with Gasteiger partial charge < -0.3 is 33.2 Å². The van der Waals surface area contributed by atoms with Crippen LogP contribution in [0.3, 0.4) is 0 Å². The molecule has 0 fully saturated rings. The van der Waals surface area contributed by atoms with Crippen LogP contribution in [0.2, 0.25) is 0 Å². The largest absolute Gasteiger partial charge is 0.504 e. The van der Waals surface area contributed by atoms with E-state index in [1.54, 1.807) is 30.3 Å². The number of phenols is 1. The Morgan fingerprint density at radius 1 is 0.800 bits per heavy atom.